The Bertz CT molecular complexity index is 1210. The molecule has 6 heteroatoms. The molecule has 0 aromatic heterocycles. The molecule has 0 aliphatic carbocycles. The highest BCUT2D eigenvalue weighted by molar-refractivity contribution is 5.87. The fourth-order valence-electron chi connectivity index (χ4n) is 3.55. The van der Waals surface area contributed by atoms with E-state index in [-0.39, 0.29) is 12.2 Å². The molecule has 2 aliphatic heterocycles. The number of hydrogen-bond acceptors (Lipinski definition) is 6. The fourth-order valence-corrected chi connectivity index (χ4v) is 3.55. The van der Waals surface area contributed by atoms with E-state index in [1.807, 2.05) is 72.8 Å². The second-order valence-corrected chi connectivity index (χ2v) is 8.12. The normalized spacial score (nSPS) is 19.5. The maximum absolute atomic E-state index is 5.76. The van der Waals surface area contributed by atoms with Gasteiger partial charge >= 0.3 is 0 Å². The van der Waals surface area contributed by atoms with Gasteiger partial charge < -0.3 is 18.9 Å². The van der Waals surface area contributed by atoms with E-state index in [9.17, 15) is 0 Å². The van der Waals surface area contributed by atoms with Crippen LogP contribution in [0.1, 0.15) is 0 Å². The van der Waals surface area contributed by atoms with Crippen molar-refractivity contribution in [3.8, 4) is 11.5 Å². The Balaban J connectivity index is 1.16. The zero-order valence-electron chi connectivity index (χ0n) is 17.4. The Morgan fingerprint density at radius 1 is 0.594 bits per heavy atom. The largest absolute Gasteiger partial charge is 0.491 e. The molecule has 0 radical (unpaired) electrons. The monoisotopic (exact) mass is 426 g/mol. The number of fused-ring (bicyclic) bond motifs is 2. The number of ether oxygens (including phenoxy) is 4. The predicted molar refractivity (Wildman–Crippen MR) is 123 cm³/mol. The molecule has 6 nitrogen and oxygen atoms in total. The predicted octanol–water partition coefficient (Wildman–Crippen LogP) is 5.96. The zero-order valence-corrected chi connectivity index (χ0v) is 17.4. The Hall–Kier alpha value is -3.48. The second-order valence-electron chi connectivity index (χ2n) is 8.12. The molecular formula is C26H22N2O4. The third-order valence-corrected chi connectivity index (χ3v) is 5.55. The van der Waals surface area contributed by atoms with E-state index in [4.69, 9.17) is 18.9 Å². The summed E-state index contributed by atoms with van der Waals surface area (Å²) < 4.78 is 21.9. The summed E-state index contributed by atoms with van der Waals surface area (Å²) in [6, 6.07) is 24.2. The van der Waals surface area contributed by atoms with Crippen molar-refractivity contribution in [3.63, 3.8) is 0 Å². The smallest absolute Gasteiger partial charge is 0.120 e. The first kappa shape index (κ1) is 19.2. The molecular weight excluding hydrogens is 404 g/mol. The summed E-state index contributed by atoms with van der Waals surface area (Å²) in [7, 11) is 0. The maximum Gasteiger partial charge on any atom is 0.120 e. The minimum atomic E-state index is 0.251. The topological polar surface area (TPSA) is 68.2 Å². The molecule has 0 spiro atoms. The van der Waals surface area contributed by atoms with Crippen molar-refractivity contribution in [1.82, 2.24) is 0 Å². The number of benzene rings is 4. The second kappa shape index (κ2) is 8.22. The van der Waals surface area contributed by atoms with Gasteiger partial charge in [0.2, 0.25) is 0 Å². The van der Waals surface area contributed by atoms with E-state index < -0.39 is 0 Å². The van der Waals surface area contributed by atoms with Crippen LogP contribution in [0.15, 0.2) is 83.0 Å². The van der Waals surface area contributed by atoms with Gasteiger partial charge in [0.15, 0.2) is 0 Å². The molecule has 6 rings (SSSR count). The van der Waals surface area contributed by atoms with Crippen LogP contribution < -0.4 is 9.47 Å². The quantitative estimate of drug-likeness (QED) is 0.257. The van der Waals surface area contributed by atoms with Gasteiger partial charge in [0.05, 0.1) is 24.6 Å². The molecule has 4 aromatic carbocycles. The van der Waals surface area contributed by atoms with Crippen LogP contribution in [0.4, 0.5) is 11.4 Å². The zero-order chi connectivity index (χ0) is 21.3. The van der Waals surface area contributed by atoms with Crippen LogP contribution >= 0.6 is 0 Å². The van der Waals surface area contributed by atoms with Gasteiger partial charge in [-0.15, -0.1) is 0 Å². The first-order chi connectivity index (χ1) is 15.8. The first-order valence-electron chi connectivity index (χ1n) is 10.8. The lowest BCUT2D eigenvalue weighted by Crippen LogP contribution is -2.03. The van der Waals surface area contributed by atoms with Gasteiger partial charge in [-0.05, 0) is 70.1 Å². The van der Waals surface area contributed by atoms with E-state index in [0.29, 0.717) is 13.2 Å². The molecule has 2 unspecified atom stereocenters. The fraction of sp³-hybridized carbons (Fsp3) is 0.231. The number of hydrogen-bond donors (Lipinski definition) is 0. The van der Waals surface area contributed by atoms with Crippen LogP contribution in [-0.2, 0) is 9.47 Å². The third kappa shape index (κ3) is 4.56. The van der Waals surface area contributed by atoms with Crippen LogP contribution in [0.2, 0.25) is 0 Å². The molecule has 2 fully saturated rings. The Morgan fingerprint density at radius 3 is 1.44 bits per heavy atom. The Labute approximate surface area is 185 Å². The van der Waals surface area contributed by atoms with E-state index in [1.165, 1.54) is 0 Å². The summed E-state index contributed by atoms with van der Waals surface area (Å²) in [5, 5.41) is 13.3. The minimum Gasteiger partial charge on any atom is -0.491 e. The number of nitrogens with zero attached hydrogens (tertiary/aromatic N) is 2. The number of azo groups is 1. The SMILES string of the molecule is c1cc2cc(OCC3CO3)ccc2cc1/N=N/c1ccc2cc(OCC3CO3)ccc2c1. The lowest BCUT2D eigenvalue weighted by molar-refractivity contribution is 0.263. The molecule has 0 N–H and O–H groups in total. The molecule has 0 saturated carbocycles. The highest BCUT2D eigenvalue weighted by Crippen LogP contribution is 2.29. The maximum atomic E-state index is 5.76. The molecule has 0 amide bonds. The molecule has 2 aliphatic rings. The lowest BCUT2D eigenvalue weighted by Gasteiger charge is -2.06. The van der Waals surface area contributed by atoms with Crippen molar-refractivity contribution in [3.05, 3.63) is 72.8 Å². The van der Waals surface area contributed by atoms with E-state index >= 15 is 0 Å². The lowest BCUT2D eigenvalue weighted by atomic mass is 10.1. The molecule has 0 bridgehead atoms. The molecule has 4 aromatic rings. The van der Waals surface area contributed by atoms with Crippen molar-refractivity contribution in [1.29, 1.82) is 0 Å². The van der Waals surface area contributed by atoms with Crippen molar-refractivity contribution in [2.75, 3.05) is 26.4 Å². The van der Waals surface area contributed by atoms with Gasteiger partial charge in [-0.25, -0.2) is 0 Å². The van der Waals surface area contributed by atoms with E-state index in [2.05, 4.69) is 10.2 Å². The first-order valence-corrected chi connectivity index (χ1v) is 10.8. The van der Waals surface area contributed by atoms with Crippen LogP contribution in [0.5, 0.6) is 11.5 Å². The Kier molecular flexibility index (Phi) is 4.94. The van der Waals surface area contributed by atoms with Crippen molar-refractivity contribution in [2.24, 2.45) is 10.2 Å². The van der Waals surface area contributed by atoms with Crippen molar-refractivity contribution in [2.45, 2.75) is 12.2 Å². The average molecular weight is 426 g/mol. The van der Waals surface area contributed by atoms with Gasteiger partial charge in [0.1, 0.15) is 36.9 Å². The van der Waals surface area contributed by atoms with Crippen molar-refractivity contribution >= 4 is 32.9 Å². The van der Waals surface area contributed by atoms with Gasteiger partial charge in [-0.2, -0.15) is 10.2 Å². The number of rotatable bonds is 8. The van der Waals surface area contributed by atoms with E-state index in [0.717, 1.165) is 57.6 Å². The number of epoxide rings is 2. The highest BCUT2D eigenvalue weighted by Gasteiger charge is 2.23. The van der Waals surface area contributed by atoms with Gasteiger partial charge in [0.25, 0.3) is 0 Å². The minimum absolute atomic E-state index is 0.251. The molecule has 2 heterocycles. The summed E-state index contributed by atoms with van der Waals surface area (Å²) in [5.41, 5.74) is 1.62. The summed E-state index contributed by atoms with van der Waals surface area (Å²) >= 11 is 0. The molecule has 160 valence electrons. The van der Waals surface area contributed by atoms with E-state index in [1.54, 1.807) is 0 Å². The van der Waals surface area contributed by atoms with Crippen LogP contribution in [-0.4, -0.2) is 38.6 Å². The Morgan fingerprint density at radius 2 is 1.00 bits per heavy atom. The highest BCUT2D eigenvalue weighted by atomic mass is 16.6. The third-order valence-electron chi connectivity index (χ3n) is 5.55. The summed E-state index contributed by atoms with van der Waals surface area (Å²) in [6.07, 6.45) is 0.503. The summed E-state index contributed by atoms with van der Waals surface area (Å²) in [6.45, 7) is 2.80. The van der Waals surface area contributed by atoms with Gasteiger partial charge in [0, 0.05) is 0 Å². The van der Waals surface area contributed by atoms with Crippen LogP contribution in [0.25, 0.3) is 21.5 Å². The summed E-state index contributed by atoms with van der Waals surface area (Å²) in [5.74, 6) is 1.71. The summed E-state index contributed by atoms with van der Waals surface area (Å²) in [4.78, 5) is 0. The standard InChI is InChI=1S/C26H22N2O4/c1-5-21(9-17-3-7-23(11-19(1)17)29-13-25-15-31-25)27-28-22-6-2-20-12-24(8-4-18(20)10-22)30-14-26-16-32-26/h1-12,25-26H,13-16H2/b28-27+. The van der Waals surface area contributed by atoms with Gasteiger partial charge in [-0.1, -0.05) is 24.3 Å². The van der Waals surface area contributed by atoms with Crippen LogP contribution in [0.3, 0.4) is 0 Å². The molecule has 2 atom stereocenters. The van der Waals surface area contributed by atoms with Crippen molar-refractivity contribution < 1.29 is 18.9 Å². The molecule has 32 heavy (non-hydrogen) atoms. The average Bonchev–Trinajstić information content (AvgIpc) is 3.75. The van der Waals surface area contributed by atoms with Crippen LogP contribution in [0, 0.1) is 0 Å². The molecule has 2 saturated heterocycles. The van der Waals surface area contributed by atoms with Gasteiger partial charge in [-0.3, -0.25) is 0 Å².